The van der Waals surface area contributed by atoms with Gasteiger partial charge < -0.3 is 18.9 Å². The van der Waals surface area contributed by atoms with Gasteiger partial charge in [0.2, 0.25) is 5.95 Å². The van der Waals surface area contributed by atoms with Crippen LogP contribution in [-0.4, -0.2) is 38.3 Å². The molecule has 1 aliphatic heterocycles. The minimum atomic E-state index is -0.665. The van der Waals surface area contributed by atoms with E-state index in [9.17, 15) is 14.4 Å². The first-order chi connectivity index (χ1) is 17.4. The Labute approximate surface area is 206 Å². The molecule has 0 aliphatic carbocycles. The molecule has 1 aliphatic rings. The summed E-state index contributed by atoms with van der Waals surface area (Å²) in [5, 5.41) is 0. The van der Waals surface area contributed by atoms with Gasteiger partial charge in [0.1, 0.15) is 18.9 Å². The summed E-state index contributed by atoms with van der Waals surface area (Å²) in [5.41, 5.74) is 1.05. The highest BCUT2D eigenvalue weighted by atomic mass is 16.5. The summed E-state index contributed by atoms with van der Waals surface area (Å²) in [7, 11) is 3.16. The molecule has 0 fully saturated rings. The molecule has 36 heavy (non-hydrogen) atoms. The van der Waals surface area contributed by atoms with Crippen LogP contribution in [0, 0.1) is 5.92 Å². The molecule has 10 heteroatoms. The molecule has 1 atom stereocenters. The van der Waals surface area contributed by atoms with Gasteiger partial charge in [-0.25, -0.2) is 9.36 Å². The van der Waals surface area contributed by atoms with E-state index in [4.69, 9.17) is 14.5 Å². The Morgan fingerprint density at radius 3 is 2.61 bits per heavy atom. The van der Waals surface area contributed by atoms with E-state index in [1.54, 1.807) is 14.2 Å². The van der Waals surface area contributed by atoms with Crippen molar-refractivity contribution in [1.29, 1.82) is 0 Å². The second-order valence-corrected chi connectivity index (χ2v) is 8.99. The van der Waals surface area contributed by atoms with Crippen molar-refractivity contribution in [3.63, 3.8) is 0 Å². The third-order valence-corrected chi connectivity index (χ3v) is 6.34. The minimum Gasteiger partial charge on any atom is -0.497 e. The first-order valence-corrected chi connectivity index (χ1v) is 11.7. The van der Waals surface area contributed by atoms with Gasteiger partial charge >= 0.3 is 11.7 Å². The van der Waals surface area contributed by atoms with Crippen molar-refractivity contribution in [1.82, 2.24) is 18.7 Å². The predicted molar refractivity (Wildman–Crippen MR) is 135 cm³/mol. The van der Waals surface area contributed by atoms with Crippen molar-refractivity contribution in [2.24, 2.45) is 13.0 Å². The number of hydrogen-bond donors (Lipinski definition) is 0. The van der Waals surface area contributed by atoms with E-state index < -0.39 is 23.8 Å². The first-order valence-electron chi connectivity index (χ1n) is 11.7. The lowest BCUT2D eigenvalue weighted by Gasteiger charge is -2.33. The van der Waals surface area contributed by atoms with Gasteiger partial charge in [0.15, 0.2) is 11.2 Å². The maximum absolute atomic E-state index is 13.5. The number of carbonyl (C=O) groups excluding carboxylic acids is 1. The van der Waals surface area contributed by atoms with E-state index in [0.29, 0.717) is 24.8 Å². The lowest BCUT2D eigenvalue weighted by Crippen LogP contribution is -2.42. The van der Waals surface area contributed by atoms with Gasteiger partial charge in [-0.2, -0.15) is 4.98 Å². The van der Waals surface area contributed by atoms with E-state index >= 15 is 0 Å². The smallest absolute Gasteiger partial charge is 0.333 e. The molecular weight excluding hydrogens is 462 g/mol. The molecule has 0 saturated heterocycles. The number of hydrogen-bond acceptors (Lipinski definition) is 7. The number of nitrogens with zero attached hydrogens (tertiary/aromatic N) is 5. The molecule has 4 aromatic rings. The molecule has 2 aromatic carbocycles. The standard InChI is InChI=1S/C26H27N5O5/c1-17-13-29(19-10-7-11-20(12-19)35-3)25-27-23-22(30(25)14-17)24(33)31(26(34)28(23)2)15-21(32)36-16-18-8-5-4-6-9-18/h4-12,17H,13-16H2,1-3H3. The molecule has 2 aromatic heterocycles. The van der Waals surface area contributed by atoms with Crippen LogP contribution in [0.15, 0.2) is 64.2 Å². The highest BCUT2D eigenvalue weighted by molar-refractivity contribution is 5.78. The van der Waals surface area contributed by atoms with Crippen molar-refractivity contribution in [2.45, 2.75) is 26.6 Å². The number of imidazole rings is 1. The average molecular weight is 490 g/mol. The number of rotatable bonds is 6. The predicted octanol–water partition coefficient (Wildman–Crippen LogP) is 2.44. The third-order valence-electron chi connectivity index (χ3n) is 6.34. The molecule has 5 rings (SSSR count). The Morgan fingerprint density at radius 2 is 1.86 bits per heavy atom. The Kier molecular flexibility index (Phi) is 6.09. The molecule has 0 radical (unpaired) electrons. The van der Waals surface area contributed by atoms with Crippen LogP contribution in [0.2, 0.25) is 0 Å². The van der Waals surface area contributed by atoms with Gasteiger partial charge in [0.25, 0.3) is 5.56 Å². The molecule has 186 valence electrons. The largest absolute Gasteiger partial charge is 0.497 e. The lowest BCUT2D eigenvalue weighted by atomic mass is 10.1. The summed E-state index contributed by atoms with van der Waals surface area (Å²) >= 11 is 0. The fourth-order valence-electron chi connectivity index (χ4n) is 4.55. The van der Waals surface area contributed by atoms with Gasteiger partial charge in [0.05, 0.1) is 7.11 Å². The maximum atomic E-state index is 13.5. The normalized spacial score (nSPS) is 15.1. The number of ether oxygens (including phenoxy) is 2. The number of methoxy groups -OCH3 is 1. The van der Waals surface area contributed by atoms with Crippen LogP contribution in [0.3, 0.4) is 0 Å². The molecule has 0 spiro atoms. The van der Waals surface area contributed by atoms with Gasteiger partial charge in [-0.1, -0.05) is 43.3 Å². The van der Waals surface area contributed by atoms with Gasteiger partial charge in [0, 0.05) is 31.9 Å². The summed E-state index contributed by atoms with van der Waals surface area (Å²) in [5.74, 6) is 0.800. The highest BCUT2D eigenvalue weighted by Crippen LogP contribution is 2.34. The number of benzene rings is 2. The Morgan fingerprint density at radius 1 is 1.08 bits per heavy atom. The molecule has 0 amide bonds. The zero-order chi connectivity index (χ0) is 25.4. The van der Waals surface area contributed by atoms with E-state index in [-0.39, 0.29) is 23.7 Å². The molecule has 1 unspecified atom stereocenters. The van der Waals surface area contributed by atoms with Crippen LogP contribution in [0.1, 0.15) is 12.5 Å². The quantitative estimate of drug-likeness (QED) is 0.384. The van der Waals surface area contributed by atoms with Crippen LogP contribution >= 0.6 is 0 Å². The van der Waals surface area contributed by atoms with Crippen molar-refractivity contribution in [3.05, 3.63) is 81.0 Å². The van der Waals surface area contributed by atoms with Gasteiger partial charge in [-0.3, -0.25) is 14.2 Å². The monoisotopic (exact) mass is 489 g/mol. The second kappa shape index (κ2) is 9.37. The summed E-state index contributed by atoms with van der Waals surface area (Å²) in [6.07, 6.45) is 0. The number of aromatic nitrogens is 4. The van der Waals surface area contributed by atoms with Crippen LogP contribution < -0.4 is 20.9 Å². The summed E-state index contributed by atoms with van der Waals surface area (Å²) in [4.78, 5) is 45.9. The maximum Gasteiger partial charge on any atom is 0.333 e. The molecule has 10 nitrogen and oxygen atoms in total. The Bertz CT molecular complexity index is 1550. The molecule has 0 N–H and O–H groups in total. The van der Waals surface area contributed by atoms with Crippen molar-refractivity contribution in [3.8, 4) is 5.75 Å². The average Bonchev–Trinajstić information content (AvgIpc) is 3.28. The van der Waals surface area contributed by atoms with Crippen molar-refractivity contribution >= 4 is 28.8 Å². The number of esters is 1. The van der Waals surface area contributed by atoms with Gasteiger partial charge in [-0.15, -0.1) is 0 Å². The highest BCUT2D eigenvalue weighted by Gasteiger charge is 2.30. The first kappa shape index (κ1) is 23.4. The lowest BCUT2D eigenvalue weighted by molar-refractivity contribution is -0.145. The van der Waals surface area contributed by atoms with Crippen LogP contribution in [-0.2, 0) is 36.3 Å². The molecule has 0 saturated carbocycles. The minimum absolute atomic E-state index is 0.0616. The number of fused-ring (bicyclic) bond motifs is 3. The van der Waals surface area contributed by atoms with Crippen LogP contribution in [0.4, 0.5) is 11.6 Å². The Balaban J connectivity index is 1.54. The zero-order valence-corrected chi connectivity index (χ0v) is 20.4. The zero-order valence-electron chi connectivity index (χ0n) is 20.4. The Hall–Kier alpha value is -4.34. The van der Waals surface area contributed by atoms with E-state index in [1.165, 1.54) is 4.57 Å². The molecular formula is C26H27N5O5. The van der Waals surface area contributed by atoms with Crippen LogP contribution in [0.25, 0.3) is 11.2 Å². The SMILES string of the molecule is COc1cccc(N2CC(C)Cn3c2nc2c3c(=O)n(CC(=O)OCc3ccccc3)c(=O)n2C)c1. The van der Waals surface area contributed by atoms with Gasteiger partial charge in [-0.05, 0) is 23.6 Å². The molecule has 3 heterocycles. The van der Waals surface area contributed by atoms with E-state index in [2.05, 4.69) is 6.92 Å². The number of anilines is 2. The topological polar surface area (TPSA) is 101 Å². The summed E-state index contributed by atoms with van der Waals surface area (Å²) in [6.45, 7) is 2.90. The van der Waals surface area contributed by atoms with Crippen LogP contribution in [0.5, 0.6) is 5.75 Å². The third kappa shape index (κ3) is 4.15. The second-order valence-electron chi connectivity index (χ2n) is 8.99. The molecule has 0 bridgehead atoms. The fourth-order valence-corrected chi connectivity index (χ4v) is 4.55. The summed E-state index contributed by atoms with van der Waals surface area (Å²) < 4.78 is 14.7. The van der Waals surface area contributed by atoms with Crippen molar-refractivity contribution in [2.75, 3.05) is 18.6 Å². The number of aryl methyl sites for hydroxylation is 1. The fraction of sp³-hybridized carbons (Fsp3) is 0.308. The van der Waals surface area contributed by atoms with E-state index in [1.807, 2.05) is 64.1 Å². The number of carbonyl (C=O) groups is 1. The van der Waals surface area contributed by atoms with E-state index in [0.717, 1.165) is 15.8 Å². The van der Waals surface area contributed by atoms with Crippen molar-refractivity contribution < 1.29 is 14.3 Å². The summed E-state index contributed by atoms with van der Waals surface area (Å²) in [6, 6.07) is 16.8.